The smallest absolute Gasteiger partial charge is 0.261 e. The first-order valence-electron chi connectivity index (χ1n) is 6.35. The van der Waals surface area contributed by atoms with Gasteiger partial charge in [0.15, 0.2) is 0 Å². The predicted molar refractivity (Wildman–Crippen MR) is 77.7 cm³/mol. The fraction of sp³-hybridized carbons (Fsp3) is 0.462. The molecule has 7 heteroatoms. The van der Waals surface area contributed by atoms with Crippen LogP contribution in [0.3, 0.4) is 0 Å². The van der Waals surface area contributed by atoms with Crippen molar-refractivity contribution in [3.8, 4) is 0 Å². The first-order chi connectivity index (χ1) is 9.43. The maximum absolute atomic E-state index is 11.7. The van der Waals surface area contributed by atoms with E-state index in [9.17, 15) is 14.4 Å². The minimum absolute atomic E-state index is 0.153. The minimum atomic E-state index is -0.622. The number of carbonyl (C=O) groups is 3. The van der Waals surface area contributed by atoms with Crippen molar-refractivity contribution in [2.24, 2.45) is 0 Å². The van der Waals surface area contributed by atoms with Gasteiger partial charge in [-0.2, -0.15) is 0 Å². The average Bonchev–Trinajstić information content (AvgIpc) is 2.83. The lowest BCUT2D eigenvalue weighted by atomic mass is 10.3. The quantitative estimate of drug-likeness (QED) is 0.711. The normalized spacial score (nSPS) is 11.6. The summed E-state index contributed by atoms with van der Waals surface area (Å²) in [6.07, 6.45) is 0. The molecule has 110 valence electrons. The van der Waals surface area contributed by atoms with Crippen LogP contribution in [0, 0.1) is 6.92 Å². The first kappa shape index (κ1) is 16.2. The Hall–Kier alpha value is -1.89. The summed E-state index contributed by atoms with van der Waals surface area (Å²) in [6.45, 7) is 5.65. The van der Waals surface area contributed by atoms with Crippen molar-refractivity contribution in [3.05, 3.63) is 21.9 Å². The molecule has 0 spiro atoms. The van der Waals surface area contributed by atoms with E-state index in [1.54, 1.807) is 19.9 Å². The second kappa shape index (κ2) is 7.64. The van der Waals surface area contributed by atoms with Crippen molar-refractivity contribution in [2.75, 3.05) is 13.1 Å². The molecule has 3 N–H and O–H groups in total. The Labute approximate surface area is 121 Å². The first-order valence-corrected chi connectivity index (χ1v) is 7.17. The van der Waals surface area contributed by atoms with Gasteiger partial charge in [0.25, 0.3) is 5.91 Å². The Kier molecular flexibility index (Phi) is 6.17. The largest absolute Gasteiger partial charge is 0.355 e. The van der Waals surface area contributed by atoms with E-state index in [-0.39, 0.29) is 18.4 Å². The molecule has 0 radical (unpaired) electrons. The molecule has 1 unspecified atom stereocenters. The van der Waals surface area contributed by atoms with Crippen LogP contribution < -0.4 is 16.0 Å². The zero-order chi connectivity index (χ0) is 15.1. The zero-order valence-electron chi connectivity index (χ0n) is 11.8. The highest BCUT2D eigenvalue weighted by Gasteiger charge is 2.15. The molecule has 0 saturated carbocycles. The third-order valence-corrected chi connectivity index (χ3v) is 3.49. The number of carbonyl (C=O) groups excluding carboxylic acids is 3. The molecule has 1 atom stereocenters. The molecule has 0 aliphatic rings. The fourth-order valence-electron chi connectivity index (χ4n) is 1.49. The van der Waals surface area contributed by atoms with Gasteiger partial charge < -0.3 is 16.0 Å². The van der Waals surface area contributed by atoms with E-state index in [4.69, 9.17) is 0 Å². The number of thiophene rings is 1. The van der Waals surface area contributed by atoms with Crippen LogP contribution in [0.25, 0.3) is 0 Å². The van der Waals surface area contributed by atoms with Crippen molar-refractivity contribution in [1.82, 2.24) is 16.0 Å². The molecule has 20 heavy (non-hydrogen) atoms. The summed E-state index contributed by atoms with van der Waals surface area (Å²) < 4.78 is 0. The molecule has 1 rings (SSSR count). The van der Waals surface area contributed by atoms with Crippen LogP contribution in [-0.2, 0) is 9.59 Å². The van der Waals surface area contributed by atoms with Crippen LogP contribution in [0.15, 0.2) is 12.1 Å². The van der Waals surface area contributed by atoms with Gasteiger partial charge >= 0.3 is 0 Å². The Morgan fingerprint density at radius 1 is 1.25 bits per heavy atom. The molecule has 0 bridgehead atoms. The Balaban J connectivity index is 2.36. The van der Waals surface area contributed by atoms with Crippen molar-refractivity contribution in [3.63, 3.8) is 0 Å². The topological polar surface area (TPSA) is 87.3 Å². The summed E-state index contributed by atoms with van der Waals surface area (Å²) in [6, 6.07) is 2.93. The number of hydrogen-bond donors (Lipinski definition) is 3. The molecule has 6 nitrogen and oxygen atoms in total. The molecular formula is C13H19N3O3S. The predicted octanol–water partition coefficient (Wildman–Crippen LogP) is 0.427. The monoisotopic (exact) mass is 297 g/mol. The Bertz CT molecular complexity index is 499. The summed E-state index contributed by atoms with van der Waals surface area (Å²) in [7, 11) is 0. The van der Waals surface area contributed by atoms with Crippen LogP contribution in [0.4, 0.5) is 0 Å². The van der Waals surface area contributed by atoms with E-state index in [0.29, 0.717) is 11.4 Å². The molecule has 0 fully saturated rings. The SMILES string of the molecule is CCNC(=O)C(C)NC(=O)CNC(=O)c1ccc(C)s1. The third-order valence-electron chi connectivity index (χ3n) is 2.50. The van der Waals surface area contributed by atoms with Gasteiger partial charge in [0, 0.05) is 11.4 Å². The Morgan fingerprint density at radius 2 is 1.95 bits per heavy atom. The third kappa shape index (κ3) is 5.00. The number of amides is 3. The molecule has 0 saturated heterocycles. The highest BCUT2D eigenvalue weighted by Crippen LogP contribution is 2.14. The second-order valence-corrected chi connectivity index (χ2v) is 5.56. The molecule has 1 aromatic heterocycles. The van der Waals surface area contributed by atoms with Gasteiger partial charge in [-0.15, -0.1) is 11.3 Å². The zero-order valence-corrected chi connectivity index (χ0v) is 12.6. The molecule has 0 aromatic carbocycles. The summed E-state index contributed by atoms with van der Waals surface area (Å²) in [5.74, 6) is -0.935. The van der Waals surface area contributed by atoms with Gasteiger partial charge in [0.2, 0.25) is 11.8 Å². The van der Waals surface area contributed by atoms with E-state index < -0.39 is 11.9 Å². The lowest BCUT2D eigenvalue weighted by molar-refractivity contribution is -0.128. The van der Waals surface area contributed by atoms with Crippen LogP contribution in [0.1, 0.15) is 28.4 Å². The number of rotatable bonds is 6. The van der Waals surface area contributed by atoms with E-state index in [2.05, 4.69) is 16.0 Å². The van der Waals surface area contributed by atoms with Gasteiger partial charge in [-0.25, -0.2) is 0 Å². The van der Waals surface area contributed by atoms with Crippen LogP contribution in [0.2, 0.25) is 0 Å². The molecule has 3 amide bonds. The number of likely N-dealkylation sites (N-methyl/N-ethyl adjacent to an activating group) is 1. The maximum Gasteiger partial charge on any atom is 0.261 e. The van der Waals surface area contributed by atoms with E-state index in [1.807, 2.05) is 13.0 Å². The van der Waals surface area contributed by atoms with Crippen molar-refractivity contribution in [1.29, 1.82) is 0 Å². The molecule has 0 aliphatic heterocycles. The van der Waals surface area contributed by atoms with Gasteiger partial charge in [-0.05, 0) is 32.9 Å². The Morgan fingerprint density at radius 3 is 2.50 bits per heavy atom. The molecule has 0 aliphatic carbocycles. The second-order valence-electron chi connectivity index (χ2n) is 4.28. The average molecular weight is 297 g/mol. The van der Waals surface area contributed by atoms with Crippen LogP contribution in [-0.4, -0.2) is 36.9 Å². The van der Waals surface area contributed by atoms with Crippen molar-refractivity contribution >= 4 is 29.1 Å². The lowest BCUT2D eigenvalue weighted by Gasteiger charge is -2.13. The summed E-state index contributed by atoms with van der Waals surface area (Å²) in [4.78, 5) is 36.3. The number of hydrogen-bond acceptors (Lipinski definition) is 4. The lowest BCUT2D eigenvalue weighted by Crippen LogP contribution is -2.47. The van der Waals surface area contributed by atoms with Crippen molar-refractivity contribution in [2.45, 2.75) is 26.8 Å². The molecule has 1 aromatic rings. The van der Waals surface area contributed by atoms with Gasteiger partial charge in [-0.1, -0.05) is 0 Å². The van der Waals surface area contributed by atoms with Gasteiger partial charge in [0.05, 0.1) is 11.4 Å². The summed E-state index contributed by atoms with van der Waals surface area (Å²) in [5, 5.41) is 7.64. The number of aryl methyl sites for hydroxylation is 1. The van der Waals surface area contributed by atoms with E-state index in [1.165, 1.54) is 11.3 Å². The van der Waals surface area contributed by atoms with E-state index >= 15 is 0 Å². The minimum Gasteiger partial charge on any atom is -0.355 e. The van der Waals surface area contributed by atoms with Crippen LogP contribution >= 0.6 is 11.3 Å². The van der Waals surface area contributed by atoms with Crippen LogP contribution in [0.5, 0.6) is 0 Å². The molecular weight excluding hydrogens is 278 g/mol. The van der Waals surface area contributed by atoms with E-state index in [0.717, 1.165) is 4.88 Å². The van der Waals surface area contributed by atoms with Crippen molar-refractivity contribution < 1.29 is 14.4 Å². The highest BCUT2D eigenvalue weighted by atomic mass is 32.1. The standard InChI is InChI=1S/C13H19N3O3S/c1-4-14-12(18)9(3)16-11(17)7-15-13(19)10-6-5-8(2)20-10/h5-6,9H,4,7H2,1-3H3,(H,14,18)(H,15,19)(H,16,17). The summed E-state index contributed by atoms with van der Waals surface area (Å²) in [5.41, 5.74) is 0. The molecule has 1 heterocycles. The number of nitrogens with one attached hydrogen (secondary N) is 3. The maximum atomic E-state index is 11.7. The van der Waals surface area contributed by atoms with Gasteiger partial charge in [-0.3, -0.25) is 14.4 Å². The highest BCUT2D eigenvalue weighted by molar-refractivity contribution is 7.13. The fourth-order valence-corrected chi connectivity index (χ4v) is 2.27. The summed E-state index contributed by atoms with van der Waals surface area (Å²) >= 11 is 1.37. The van der Waals surface area contributed by atoms with Gasteiger partial charge in [0.1, 0.15) is 6.04 Å².